The molecule has 0 saturated heterocycles. The zero-order valence-electron chi connectivity index (χ0n) is 18.2. The molecule has 0 aliphatic rings. The van der Waals surface area contributed by atoms with Gasteiger partial charge in [-0.25, -0.2) is 0 Å². The van der Waals surface area contributed by atoms with Crippen LogP contribution in [0.15, 0.2) is 88.6 Å². The summed E-state index contributed by atoms with van der Waals surface area (Å²) in [6.07, 6.45) is 1.86. The van der Waals surface area contributed by atoms with Crippen molar-refractivity contribution >= 4 is 34.3 Å². The van der Waals surface area contributed by atoms with E-state index in [2.05, 4.69) is 20.5 Å². The number of fused-ring (bicyclic) bond motifs is 1. The first-order chi connectivity index (χ1) is 16.1. The van der Waals surface area contributed by atoms with Gasteiger partial charge in [0.25, 0.3) is 11.1 Å². The number of H-pyrrole nitrogens is 1. The topological polar surface area (TPSA) is 83.8 Å². The lowest BCUT2D eigenvalue weighted by molar-refractivity contribution is -0.115. The molecular formula is C26H22N4O2S. The van der Waals surface area contributed by atoms with Crippen LogP contribution in [0.2, 0.25) is 0 Å². The summed E-state index contributed by atoms with van der Waals surface area (Å²) in [4.78, 5) is 16.6. The highest BCUT2D eigenvalue weighted by atomic mass is 32.2. The zero-order chi connectivity index (χ0) is 22.8. The minimum Gasteiger partial charge on any atom is -0.411 e. The number of aromatic amines is 1. The van der Waals surface area contributed by atoms with Gasteiger partial charge in [-0.05, 0) is 54.4 Å². The first kappa shape index (κ1) is 21.0. The lowest BCUT2D eigenvalue weighted by atomic mass is 10.1. The van der Waals surface area contributed by atoms with Crippen molar-refractivity contribution in [2.45, 2.75) is 24.3 Å². The summed E-state index contributed by atoms with van der Waals surface area (Å²) in [5.74, 6) is 0.267. The third kappa shape index (κ3) is 4.40. The van der Waals surface area contributed by atoms with E-state index in [1.54, 1.807) is 0 Å². The van der Waals surface area contributed by atoms with Gasteiger partial charge in [-0.1, -0.05) is 60.7 Å². The quantitative estimate of drug-likeness (QED) is 0.294. The minimum atomic E-state index is -0.553. The number of nitrogens with zero attached hydrogens (tertiary/aromatic N) is 2. The van der Waals surface area contributed by atoms with Crippen molar-refractivity contribution in [3.05, 3.63) is 95.7 Å². The fourth-order valence-corrected chi connectivity index (χ4v) is 4.56. The second-order valence-electron chi connectivity index (χ2n) is 7.84. The summed E-state index contributed by atoms with van der Waals surface area (Å²) >= 11 is 1.24. The summed E-state index contributed by atoms with van der Waals surface area (Å²) in [6.45, 7) is 3.98. The molecule has 1 atom stereocenters. The molecule has 2 heterocycles. The number of amides is 1. The molecule has 0 aliphatic carbocycles. The molecule has 2 aromatic heterocycles. The number of anilines is 1. The first-order valence-corrected chi connectivity index (χ1v) is 11.5. The van der Waals surface area contributed by atoms with Crippen LogP contribution in [-0.2, 0) is 4.79 Å². The normalized spacial score (nSPS) is 12.1. The Morgan fingerprint density at radius 1 is 1.00 bits per heavy atom. The fourth-order valence-electron chi connectivity index (χ4n) is 3.69. The predicted octanol–water partition coefficient (Wildman–Crippen LogP) is 6.31. The van der Waals surface area contributed by atoms with Gasteiger partial charge in [0.15, 0.2) is 0 Å². The monoisotopic (exact) mass is 454 g/mol. The summed E-state index contributed by atoms with van der Waals surface area (Å²) in [6, 6.07) is 23.5. The Bertz CT molecular complexity index is 1420. The molecule has 0 spiro atoms. The third-order valence-corrected chi connectivity index (χ3v) is 6.52. The lowest BCUT2D eigenvalue weighted by Gasteiger charge is -2.16. The van der Waals surface area contributed by atoms with E-state index in [1.807, 2.05) is 92.8 Å². The van der Waals surface area contributed by atoms with Gasteiger partial charge >= 0.3 is 0 Å². The number of para-hydroxylation sites is 1. The Balaban J connectivity index is 1.44. The maximum absolute atomic E-state index is 13.4. The van der Waals surface area contributed by atoms with Crippen molar-refractivity contribution in [1.29, 1.82) is 0 Å². The number of aryl methyl sites for hydroxylation is 2. The van der Waals surface area contributed by atoms with E-state index in [1.165, 1.54) is 11.8 Å². The number of benzene rings is 3. The molecule has 2 N–H and O–H groups in total. The summed E-state index contributed by atoms with van der Waals surface area (Å²) in [5.41, 5.74) is 5.57. The Hall–Kier alpha value is -3.84. The molecule has 0 saturated carbocycles. The van der Waals surface area contributed by atoms with Crippen LogP contribution >= 0.6 is 11.8 Å². The molecule has 164 valence electrons. The van der Waals surface area contributed by atoms with Gasteiger partial charge in [0.05, 0.1) is 5.56 Å². The second kappa shape index (κ2) is 8.96. The highest BCUT2D eigenvalue weighted by Gasteiger charge is 2.26. The average Bonchev–Trinajstić information content (AvgIpc) is 3.47. The molecular weight excluding hydrogens is 432 g/mol. The van der Waals surface area contributed by atoms with Crippen LogP contribution in [0.25, 0.3) is 22.4 Å². The average molecular weight is 455 g/mol. The van der Waals surface area contributed by atoms with Crippen molar-refractivity contribution in [2.24, 2.45) is 0 Å². The number of thioether (sulfide) groups is 1. The Labute approximate surface area is 195 Å². The van der Waals surface area contributed by atoms with Gasteiger partial charge in [-0.15, -0.1) is 10.2 Å². The molecule has 0 fully saturated rings. The molecule has 7 heteroatoms. The van der Waals surface area contributed by atoms with E-state index in [9.17, 15) is 4.79 Å². The second-order valence-corrected chi connectivity index (χ2v) is 8.89. The molecule has 0 aliphatic heterocycles. The smallest absolute Gasteiger partial charge is 0.277 e. The van der Waals surface area contributed by atoms with Crippen LogP contribution in [0.3, 0.4) is 0 Å². The van der Waals surface area contributed by atoms with Gasteiger partial charge in [0.1, 0.15) is 5.25 Å². The molecule has 0 bridgehead atoms. The van der Waals surface area contributed by atoms with Crippen LogP contribution in [0, 0.1) is 13.8 Å². The first-order valence-electron chi connectivity index (χ1n) is 10.6. The molecule has 5 rings (SSSR count). The van der Waals surface area contributed by atoms with Gasteiger partial charge < -0.3 is 14.7 Å². The van der Waals surface area contributed by atoms with Crippen molar-refractivity contribution < 1.29 is 9.21 Å². The van der Waals surface area contributed by atoms with Crippen molar-refractivity contribution in [1.82, 2.24) is 15.2 Å². The molecule has 5 aromatic rings. The van der Waals surface area contributed by atoms with Crippen LogP contribution in [-0.4, -0.2) is 21.1 Å². The number of hydrogen-bond acceptors (Lipinski definition) is 5. The van der Waals surface area contributed by atoms with Crippen molar-refractivity contribution in [2.75, 3.05) is 5.32 Å². The van der Waals surface area contributed by atoms with Crippen molar-refractivity contribution in [3.63, 3.8) is 0 Å². The Kier molecular flexibility index (Phi) is 5.71. The third-order valence-electron chi connectivity index (χ3n) is 5.44. The maximum atomic E-state index is 13.4. The molecule has 1 unspecified atom stereocenters. The summed E-state index contributed by atoms with van der Waals surface area (Å²) < 4.78 is 5.97. The highest BCUT2D eigenvalue weighted by Crippen LogP contribution is 2.37. The lowest BCUT2D eigenvalue weighted by Crippen LogP contribution is -2.19. The van der Waals surface area contributed by atoms with E-state index >= 15 is 0 Å². The van der Waals surface area contributed by atoms with Gasteiger partial charge in [0, 0.05) is 22.8 Å². The molecule has 6 nitrogen and oxygen atoms in total. The Morgan fingerprint density at radius 2 is 1.79 bits per heavy atom. The van der Waals surface area contributed by atoms with Crippen LogP contribution < -0.4 is 5.32 Å². The molecule has 33 heavy (non-hydrogen) atoms. The number of hydrogen-bond donors (Lipinski definition) is 2. The molecule has 0 radical (unpaired) electrons. The summed E-state index contributed by atoms with van der Waals surface area (Å²) in [5, 5.41) is 12.3. The molecule has 1 amide bonds. The van der Waals surface area contributed by atoms with Gasteiger partial charge in [-0.3, -0.25) is 4.79 Å². The maximum Gasteiger partial charge on any atom is 0.277 e. The summed E-state index contributed by atoms with van der Waals surface area (Å²) in [7, 11) is 0. The number of carbonyl (C=O) groups is 1. The zero-order valence-corrected chi connectivity index (χ0v) is 19.0. The largest absolute Gasteiger partial charge is 0.411 e. The number of aromatic nitrogens is 3. The van der Waals surface area contributed by atoms with E-state index in [4.69, 9.17) is 4.42 Å². The molecule has 3 aromatic carbocycles. The highest BCUT2D eigenvalue weighted by molar-refractivity contribution is 8.00. The van der Waals surface area contributed by atoms with Crippen LogP contribution in [0.5, 0.6) is 0 Å². The van der Waals surface area contributed by atoms with Crippen molar-refractivity contribution in [3.8, 4) is 11.5 Å². The van der Waals surface area contributed by atoms with Crippen LogP contribution in [0.1, 0.15) is 21.9 Å². The van der Waals surface area contributed by atoms with E-state index < -0.39 is 5.25 Å². The number of rotatable bonds is 6. The fraction of sp³-hybridized carbons (Fsp3) is 0.115. The number of carbonyl (C=O) groups excluding carboxylic acids is 1. The Morgan fingerprint density at radius 3 is 2.64 bits per heavy atom. The van der Waals surface area contributed by atoms with E-state index in [0.717, 1.165) is 38.8 Å². The minimum absolute atomic E-state index is 0.147. The van der Waals surface area contributed by atoms with E-state index in [-0.39, 0.29) is 5.91 Å². The standard InChI is InChI=1S/C26H22N4O2S/c1-16-12-13-17(2)22(14-16)28-24(31)23(18-8-4-3-5-9-18)33-26-30-29-25(32-26)20-15-27-21-11-7-6-10-19(20)21/h3-15,23,27H,1-2H3,(H,28,31). The predicted molar refractivity (Wildman–Crippen MR) is 131 cm³/mol. The number of nitrogens with one attached hydrogen (secondary N) is 2. The SMILES string of the molecule is Cc1ccc(C)c(NC(=O)C(Sc2nnc(-c3c[nH]c4ccccc34)o2)c2ccccc2)c1. The van der Waals surface area contributed by atoms with Gasteiger partial charge in [-0.2, -0.15) is 0 Å². The van der Waals surface area contributed by atoms with Crippen LogP contribution in [0.4, 0.5) is 5.69 Å². The van der Waals surface area contributed by atoms with E-state index in [0.29, 0.717) is 11.1 Å². The van der Waals surface area contributed by atoms with Gasteiger partial charge in [0.2, 0.25) is 5.91 Å².